The van der Waals surface area contributed by atoms with E-state index in [-0.39, 0.29) is 11.4 Å². The zero-order chi connectivity index (χ0) is 13.7. The van der Waals surface area contributed by atoms with E-state index >= 15 is 0 Å². The summed E-state index contributed by atoms with van der Waals surface area (Å²) in [7, 11) is 0. The number of fused-ring (bicyclic) bond motifs is 2. The van der Waals surface area contributed by atoms with Crippen molar-refractivity contribution >= 4 is 5.78 Å². The largest absolute Gasteiger partial charge is 0.360 e. The average molecular weight is 254 g/mol. The van der Waals surface area contributed by atoms with Gasteiger partial charge in [-0.25, -0.2) is 0 Å². The highest BCUT2D eigenvalue weighted by atomic mass is 16.5. The minimum Gasteiger partial charge on any atom is -0.360 e. The third-order valence-corrected chi connectivity index (χ3v) is 3.84. The first-order valence-corrected chi connectivity index (χ1v) is 6.25. The Hall–Kier alpha value is -1.99. The second-order valence-corrected chi connectivity index (χ2v) is 5.75. The Labute approximate surface area is 111 Å². The van der Waals surface area contributed by atoms with E-state index < -0.39 is 11.0 Å². The lowest BCUT2D eigenvalue weighted by molar-refractivity contribution is -0.129. The molecule has 1 spiro atoms. The van der Waals surface area contributed by atoms with Crippen molar-refractivity contribution in [3.05, 3.63) is 41.2 Å². The van der Waals surface area contributed by atoms with E-state index in [1.807, 2.05) is 32.0 Å². The summed E-state index contributed by atoms with van der Waals surface area (Å²) in [5.74, 6) is -0.117. The van der Waals surface area contributed by atoms with Gasteiger partial charge in [-0.2, -0.15) is 5.26 Å². The number of allylic oxidation sites excluding steroid dienone is 1. The fraction of sp³-hybridized carbons (Fsp3) is 0.400. The summed E-state index contributed by atoms with van der Waals surface area (Å²) in [5.41, 5.74) is 0.706. The van der Waals surface area contributed by atoms with Crippen molar-refractivity contribution in [1.29, 1.82) is 5.26 Å². The van der Waals surface area contributed by atoms with E-state index in [4.69, 9.17) is 4.74 Å². The highest BCUT2D eigenvalue weighted by Crippen LogP contribution is 2.48. The molecule has 2 aliphatic rings. The Morgan fingerprint density at radius 3 is 3.00 bits per heavy atom. The molecule has 0 saturated carbocycles. The van der Waals surface area contributed by atoms with Gasteiger partial charge in [0.2, 0.25) is 0 Å². The van der Waals surface area contributed by atoms with Crippen molar-refractivity contribution in [2.45, 2.75) is 32.5 Å². The molecule has 4 heteroatoms. The maximum Gasteiger partial charge on any atom is 0.178 e. The van der Waals surface area contributed by atoms with Crippen molar-refractivity contribution in [2.75, 3.05) is 0 Å². The van der Waals surface area contributed by atoms with Gasteiger partial charge in [0.15, 0.2) is 5.78 Å². The van der Waals surface area contributed by atoms with E-state index in [0.29, 0.717) is 13.0 Å². The fourth-order valence-electron chi connectivity index (χ4n) is 2.99. The van der Waals surface area contributed by atoms with Gasteiger partial charge in [0, 0.05) is 17.2 Å². The highest BCUT2D eigenvalue weighted by molar-refractivity contribution is 6.04. The molecule has 96 valence electrons. The normalized spacial score (nSPS) is 27.8. The number of carbonyl (C=O) groups is 1. The van der Waals surface area contributed by atoms with Crippen molar-refractivity contribution in [1.82, 2.24) is 4.98 Å². The molecule has 1 aromatic heterocycles. The van der Waals surface area contributed by atoms with Gasteiger partial charge in [-0.15, -0.1) is 0 Å². The summed E-state index contributed by atoms with van der Waals surface area (Å²) in [4.78, 5) is 16.6. The van der Waals surface area contributed by atoms with Crippen LogP contribution in [0.2, 0.25) is 0 Å². The van der Waals surface area contributed by atoms with Gasteiger partial charge >= 0.3 is 0 Å². The van der Waals surface area contributed by atoms with Crippen LogP contribution < -0.4 is 0 Å². The van der Waals surface area contributed by atoms with Crippen LogP contribution in [0, 0.1) is 16.7 Å². The number of ketones is 1. The highest BCUT2D eigenvalue weighted by Gasteiger charge is 2.50. The average Bonchev–Trinajstić information content (AvgIpc) is 2.73. The summed E-state index contributed by atoms with van der Waals surface area (Å²) in [6.45, 7) is 4.18. The molecule has 1 aliphatic heterocycles. The number of Topliss-reactive ketones (excluding diaryl/α,β-unsaturated/α-hetero) is 1. The number of carbonyl (C=O) groups excluding carboxylic acids is 1. The van der Waals surface area contributed by atoms with Gasteiger partial charge in [0.05, 0.1) is 17.9 Å². The summed E-state index contributed by atoms with van der Waals surface area (Å²) in [5, 5.41) is 9.17. The minimum atomic E-state index is -0.723. The molecule has 1 atom stereocenters. The van der Waals surface area contributed by atoms with E-state index in [9.17, 15) is 10.1 Å². The van der Waals surface area contributed by atoms with Crippen LogP contribution in [0.5, 0.6) is 0 Å². The van der Waals surface area contributed by atoms with Crippen LogP contribution in [0.4, 0.5) is 0 Å². The number of nitrogens with zero attached hydrogens (tertiary/aromatic N) is 2. The topological polar surface area (TPSA) is 63.0 Å². The molecule has 0 saturated heterocycles. The molecule has 3 rings (SSSR count). The zero-order valence-corrected chi connectivity index (χ0v) is 10.9. The SMILES string of the molecule is CC1(C)CC2(C=C(C#N)C1=O)OCc1cccnc12. The molecule has 4 nitrogen and oxygen atoms in total. The molecule has 2 heterocycles. The lowest BCUT2D eigenvalue weighted by atomic mass is 9.69. The van der Waals surface area contributed by atoms with Gasteiger partial charge in [-0.3, -0.25) is 9.78 Å². The van der Waals surface area contributed by atoms with Crippen molar-refractivity contribution in [3.63, 3.8) is 0 Å². The van der Waals surface area contributed by atoms with E-state index in [2.05, 4.69) is 4.98 Å². The van der Waals surface area contributed by atoms with E-state index in [0.717, 1.165) is 11.3 Å². The van der Waals surface area contributed by atoms with Gasteiger partial charge in [-0.1, -0.05) is 19.9 Å². The quantitative estimate of drug-likeness (QED) is 0.712. The Morgan fingerprint density at radius 2 is 2.26 bits per heavy atom. The van der Waals surface area contributed by atoms with Crippen molar-refractivity contribution in [3.8, 4) is 6.07 Å². The Balaban J connectivity index is 2.20. The number of rotatable bonds is 0. The maximum atomic E-state index is 12.2. The Bertz CT molecular complexity index is 640. The Morgan fingerprint density at radius 1 is 1.47 bits per heavy atom. The standard InChI is InChI=1S/C15H14N2O2/c1-14(2)9-15(6-11(7-16)13(14)18)12-10(8-19-15)4-3-5-17-12/h3-6H,8-9H2,1-2H3. The smallest absolute Gasteiger partial charge is 0.178 e. The summed E-state index contributed by atoms with van der Waals surface area (Å²) >= 11 is 0. The number of hydrogen-bond acceptors (Lipinski definition) is 4. The predicted octanol–water partition coefficient (Wildman–Crippen LogP) is 2.26. The predicted molar refractivity (Wildman–Crippen MR) is 67.8 cm³/mol. The summed E-state index contributed by atoms with van der Waals surface area (Å²) in [6.07, 6.45) is 3.89. The molecule has 0 amide bonds. The van der Waals surface area contributed by atoms with E-state index in [1.165, 1.54) is 0 Å². The molecular formula is C15H14N2O2. The first-order chi connectivity index (χ1) is 8.98. The lowest BCUT2D eigenvalue weighted by Crippen LogP contribution is -2.41. The number of aromatic nitrogens is 1. The van der Waals surface area contributed by atoms with E-state index in [1.54, 1.807) is 12.3 Å². The lowest BCUT2D eigenvalue weighted by Gasteiger charge is -2.37. The summed E-state index contributed by atoms with van der Waals surface area (Å²) < 4.78 is 5.93. The monoisotopic (exact) mass is 254 g/mol. The molecule has 0 fully saturated rings. The number of nitriles is 1. The third kappa shape index (κ3) is 1.62. The van der Waals surface area contributed by atoms with Crippen LogP contribution in [0.15, 0.2) is 30.0 Å². The molecule has 0 radical (unpaired) electrons. The molecule has 1 aliphatic carbocycles. The molecule has 0 bridgehead atoms. The van der Waals surface area contributed by atoms with Crippen molar-refractivity contribution < 1.29 is 9.53 Å². The molecule has 19 heavy (non-hydrogen) atoms. The first kappa shape index (κ1) is 12.1. The second-order valence-electron chi connectivity index (χ2n) is 5.75. The van der Waals surface area contributed by atoms with Crippen molar-refractivity contribution in [2.24, 2.45) is 5.41 Å². The zero-order valence-electron chi connectivity index (χ0n) is 10.9. The molecule has 0 N–H and O–H groups in total. The van der Waals surface area contributed by atoms with Gasteiger partial charge in [0.1, 0.15) is 11.7 Å². The molecule has 1 aromatic rings. The second kappa shape index (κ2) is 3.75. The maximum absolute atomic E-state index is 12.2. The Kier molecular flexibility index (Phi) is 2.38. The van der Waals surface area contributed by atoms with Gasteiger partial charge in [0.25, 0.3) is 0 Å². The summed E-state index contributed by atoms with van der Waals surface area (Å²) in [6, 6.07) is 5.84. The van der Waals surface area contributed by atoms with Crippen LogP contribution >= 0.6 is 0 Å². The number of pyridine rings is 1. The first-order valence-electron chi connectivity index (χ1n) is 6.25. The van der Waals surface area contributed by atoms with Crippen LogP contribution in [-0.2, 0) is 21.7 Å². The minimum absolute atomic E-state index is 0.117. The molecular weight excluding hydrogens is 240 g/mol. The van der Waals surface area contributed by atoms with Crippen LogP contribution in [0.3, 0.4) is 0 Å². The van der Waals surface area contributed by atoms with Gasteiger partial charge < -0.3 is 4.74 Å². The molecule has 1 unspecified atom stereocenters. The van der Waals surface area contributed by atoms with Gasteiger partial charge in [-0.05, 0) is 18.6 Å². The van der Waals surface area contributed by atoms with Crippen LogP contribution in [0.25, 0.3) is 0 Å². The van der Waals surface area contributed by atoms with Crippen LogP contribution in [-0.4, -0.2) is 10.8 Å². The fourth-order valence-corrected chi connectivity index (χ4v) is 2.99. The number of hydrogen-bond donors (Lipinski definition) is 0. The molecule has 0 aromatic carbocycles. The third-order valence-electron chi connectivity index (χ3n) is 3.84. The number of ether oxygens (including phenoxy) is 1. The van der Waals surface area contributed by atoms with Crippen LogP contribution in [0.1, 0.15) is 31.5 Å².